The molecule has 2 heterocycles. The molecule has 5 heteroatoms. The summed E-state index contributed by atoms with van der Waals surface area (Å²) in [6.07, 6.45) is 5.55. The summed E-state index contributed by atoms with van der Waals surface area (Å²) in [6.45, 7) is 3.45. The normalized spacial score (nSPS) is 10.1. The number of nitrogens with zero attached hydrogens (tertiary/aromatic N) is 4. The summed E-state index contributed by atoms with van der Waals surface area (Å²) in [5, 5.41) is 0. The van der Waals surface area contributed by atoms with E-state index in [0.29, 0.717) is 18.1 Å². The monoisotopic (exact) mass is 242 g/mol. The van der Waals surface area contributed by atoms with Gasteiger partial charge in [0.25, 0.3) is 0 Å². The van der Waals surface area contributed by atoms with Crippen LogP contribution in [0.25, 0.3) is 0 Å². The first-order valence-corrected chi connectivity index (χ1v) is 5.75. The lowest BCUT2D eigenvalue weighted by Crippen LogP contribution is -2.24. The molecule has 5 nitrogen and oxygen atoms in total. The van der Waals surface area contributed by atoms with E-state index in [0.717, 1.165) is 18.5 Å². The highest BCUT2D eigenvalue weighted by molar-refractivity contribution is 5.73. The van der Waals surface area contributed by atoms with Crippen molar-refractivity contribution in [3.8, 4) is 0 Å². The van der Waals surface area contributed by atoms with Crippen molar-refractivity contribution < 1.29 is 4.79 Å². The van der Waals surface area contributed by atoms with E-state index in [1.165, 1.54) is 12.4 Å². The van der Waals surface area contributed by atoms with Crippen LogP contribution in [-0.4, -0.2) is 27.8 Å². The minimum atomic E-state index is 0.479. The minimum absolute atomic E-state index is 0.479. The molecule has 2 rings (SSSR count). The summed E-state index contributed by atoms with van der Waals surface area (Å²) in [5.41, 5.74) is 1.44. The summed E-state index contributed by atoms with van der Waals surface area (Å²) < 4.78 is 0. The van der Waals surface area contributed by atoms with Crippen molar-refractivity contribution >= 4 is 12.2 Å². The standard InChI is InChI=1S/C13H14N4O/c1-2-17(9-12-5-3-4-6-14-12)13-15-7-11(10-18)8-16-13/h3-8,10H,2,9H2,1H3. The van der Waals surface area contributed by atoms with Crippen molar-refractivity contribution in [3.05, 3.63) is 48.0 Å². The van der Waals surface area contributed by atoms with Gasteiger partial charge in [-0.1, -0.05) is 6.07 Å². The zero-order valence-electron chi connectivity index (χ0n) is 10.2. The van der Waals surface area contributed by atoms with E-state index in [1.807, 2.05) is 30.0 Å². The summed E-state index contributed by atoms with van der Waals surface area (Å²) in [4.78, 5) is 25.2. The highest BCUT2D eigenvalue weighted by Crippen LogP contribution is 2.09. The van der Waals surface area contributed by atoms with Crippen molar-refractivity contribution in [1.29, 1.82) is 0 Å². The van der Waals surface area contributed by atoms with E-state index >= 15 is 0 Å². The lowest BCUT2D eigenvalue weighted by atomic mass is 10.3. The number of aldehydes is 1. The molecule has 0 saturated heterocycles. The van der Waals surface area contributed by atoms with Gasteiger partial charge in [-0.25, -0.2) is 9.97 Å². The number of hydrogen-bond donors (Lipinski definition) is 0. The number of carbonyl (C=O) groups is 1. The Morgan fingerprint density at radius 2 is 2.00 bits per heavy atom. The molecule has 2 aromatic rings. The van der Waals surface area contributed by atoms with Crippen molar-refractivity contribution in [3.63, 3.8) is 0 Å². The Kier molecular flexibility index (Phi) is 3.96. The molecule has 0 atom stereocenters. The van der Waals surface area contributed by atoms with E-state index in [-0.39, 0.29) is 0 Å². The fourth-order valence-electron chi connectivity index (χ4n) is 1.57. The first-order chi connectivity index (χ1) is 8.83. The largest absolute Gasteiger partial charge is 0.335 e. The van der Waals surface area contributed by atoms with Gasteiger partial charge in [-0.15, -0.1) is 0 Å². The van der Waals surface area contributed by atoms with E-state index in [9.17, 15) is 4.79 Å². The van der Waals surface area contributed by atoms with Gasteiger partial charge in [0.05, 0.1) is 17.8 Å². The van der Waals surface area contributed by atoms with Gasteiger partial charge in [0.1, 0.15) is 0 Å². The molecule has 0 saturated carbocycles. The molecule has 0 aromatic carbocycles. The molecule has 18 heavy (non-hydrogen) atoms. The second-order valence-corrected chi connectivity index (χ2v) is 3.77. The molecule has 0 aliphatic carbocycles. The summed E-state index contributed by atoms with van der Waals surface area (Å²) in [5.74, 6) is 0.605. The molecule has 0 radical (unpaired) electrons. The van der Waals surface area contributed by atoms with Crippen molar-refractivity contribution in [1.82, 2.24) is 15.0 Å². The Labute approximate surface area is 106 Å². The maximum absolute atomic E-state index is 10.5. The number of carbonyl (C=O) groups excluding carboxylic acids is 1. The van der Waals surface area contributed by atoms with E-state index in [2.05, 4.69) is 15.0 Å². The van der Waals surface area contributed by atoms with Crippen LogP contribution >= 0.6 is 0 Å². The highest BCUT2D eigenvalue weighted by Gasteiger charge is 2.08. The molecule has 0 aliphatic rings. The van der Waals surface area contributed by atoms with Crippen molar-refractivity contribution in [2.24, 2.45) is 0 Å². The average molecular weight is 242 g/mol. The summed E-state index contributed by atoms with van der Waals surface area (Å²) >= 11 is 0. The molecule has 92 valence electrons. The maximum Gasteiger partial charge on any atom is 0.225 e. The molecule has 2 aromatic heterocycles. The van der Waals surface area contributed by atoms with Crippen LogP contribution in [0.1, 0.15) is 23.0 Å². The third-order valence-electron chi connectivity index (χ3n) is 2.54. The summed E-state index contributed by atoms with van der Waals surface area (Å²) in [6, 6.07) is 5.80. The Morgan fingerprint density at radius 3 is 2.56 bits per heavy atom. The zero-order chi connectivity index (χ0) is 12.8. The zero-order valence-corrected chi connectivity index (χ0v) is 10.2. The SMILES string of the molecule is CCN(Cc1ccccn1)c1ncc(C=O)cn1. The van der Waals surface area contributed by atoms with Crippen LogP contribution in [0, 0.1) is 0 Å². The first kappa shape index (κ1) is 12.2. The van der Waals surface area contributed by atoms with Crippen LogP contribution in [0.4, 0.5) is 5.95 Å². The smallest absolute Gasteiger partial charge is 0.225 e. The Balaban J connectivity index is 2.15. The second-order valence-electron chi connectivity index (χ2n) is 3.77. The average Bonchev–Trinajstić information content (AvgIpc) is 2.46. The molecule has 0 N–H and O–H groups in total. The number of hydrogen-bond acceptors (Lipinski definition) is 5. The molecule has 0 unspecified atom stereocenters. The third-order valence-corrected chi connectivity index (χ3v) is 2.54. The van der Waals surface area contributed by atoms with E-state index in [4.69, 9.17) is 0 Å². The van der Waals surface area contributed by atoms with E-state index < -0.39 is 0 Å². The van der Waals surface area contributed by atoms with Gasteiger partial charge in [-0.05, 0) is 19.1 Å². The van der Waals surface area contributed by atoms with Crippen LogP contribution in [0.2, 0.25) is 0 Å². The van der Waals surface area contributed by atoms with E-state index in [1.54, 1.807) is 6.20 Å². The van der Waals surface area contributed by atoms with Gasteiger partial charge in [0, 0.05) is 25.1 Å². The van der Waals surface area contributed by atoms with Crippen LogP contribution in [0.5, 0.6) is 0 Å². The lowest BCUT2D eigenvalue weighted by Gasteiger charge is -2.19. The van der Waals surface area contributed by atoms with Gasteiger partial charge < -0.3 is 4.90 Å². The van der Waals surface area contributed by atoms with Gasteiger partial charge >= 0.3 is 0 Å². The number of pyridine rings is 1. The Hall–Kier alpha value is -2.30. The second kappa shape index (κ2) is 5.86. The number of rotatable bonds is 5. The van der Waals surface area contributed by atoms with Gasteiger partial charge in [0.15, 0.2) is 6.29 Å². The number of aromatic nitrogens is 3. The molecule has 0 amide bonds. The quantitative estimate of drug-likeness (QED) is 0.747. The molecule has 0 bridgehead atoms. The molecule has 0 spiro atoms. The molecule has 0 fully saturated rings. The highest BCUT2D eigenvalue weighted by atomic mass is 16.1. The summed E-state index contributed by atoms with van der Waals surface area (Å²) in [7, 11) is 0. The fraction of sp³-hybridized carbons (Fsp3) is 0.231. The topological polar surface area (TPSA) is 59.0 Å². The van der Waals surface area contributed by atoms with Crippen LogP contribution in [-0.2, 0) is 6.54 Å². The van der Waals surface area contributed by atoms with Crippen LogP contribution in [0.15, 0.2) is 36.8 Å². The van der Waals surface area contributed by atoms with Gasteiger partial charge in [-0.3, -0.25) is 9.78 Å². The van der Waals surface area contributed by atoms with Crippen molar-refractivity contribution in [2.75, 3.05) is 11.4 Å². The molecule has 0 aliphatic heterocycles. The number of anilines is 1. The minimum Gasteiger partial charge on any atom is -0.335 e. The molecular weight excluding hydrogens is 228 g/mol. The fourth-order valence-corrected chi connectivity index (χ4v) is 1.57. The van der Waals surface area contributed by atoms with Crippen molar-refractivity contribution in [2.45, 2.75) is 13.5 Å². The Morgan fingerprint density at radius 1 is 1.22 bits per heavy atom. The third kappa shape index (κ3) is 2.88. The Bertz CT molecular complexity index is 498. The first-order valence-electron chi connectivity index (χ1n) is 5.75. The molecular formula is C13H14N4O. The predicted molar refractivity (Wildman–Crippen MR) is 68.4 cm³/mol. The van der Waals surface area contributed by atoms with Gasteiger partial charge in [0.2, 0.25) is 5.95 Å². The lowest BCUT2D eigenvalue weighted by molar-refractivity contribution is 0.112. The van der Waals surface area contributed by atoms with Crippen LogP contribution in [0.3, 0.4) is 0 Å². The predicted octanol–water partition coefficient (Wildman–Crippen LogP) is 1.71. The van der Waals surface area contributed by atoms with Gasteiger partial charge in [-0.2, -0.15) is 0 Å². The van der Waals surface area contributed by atoms with Crippen LogP contribution < -0.4 is 4.90 Å². The maximum atomic E-state index is 10.5.